The van der Waals surface area contributed by atoms with E-state index in [1.54, 1.807) is 0 Å². The third-order valence-corrected chi connectivity index (χ3v) is 4.10. The number of aromatic nitrogens is 2. The standard InChI is InChI=1S/C17H21N3/c1-12-6-7-14(11-13(12)2)15-8-10-19-17(20-15)16-5-3-4-9-18-16/h6-8,10-11,16,18H,3-5,9H2,1-2H3. The predicted molar refractivity (Wildman–Crippen MR) is 81.5 cm³/mol. The predicted octanol–water partition coefficient (Wildman–Crippen LogP) is 3.58. The molecule has 1 fully saturated rings. The van der Waals surface area contributed by atoms with E-state index in [0.717, 1.165) is 24.5 Å². The van der Waals surface area contributed by atoms with Crippen LogP contribution in [0.5, 0.6) is 0 Å². The smallest absolute Gasteiger partial charge is 0.145 e. The van der Waals surface area contributed by atoms with Crippen molar-refractivity contribution in [2.45, 2.75) is 39.2 Å². The van der Waals surface area contributed by atoms with Crippen LogP contribution in [0.1, 0.15) is 42.3 Å². The van der Waals surface area contributed by atoms with E-state index in [4.69, 9.17) is 4.98 Å². The quantitative estimate of drug-likeness (QED) is 0.903. The maximum Gasteiger partial charge on any atom is 0.145 e. The summed E-state index contributed by atoms with van der Waals surface area (Å²) >= 11 is 0. The molecule has 1 aliphatic rings. The van der Waals surface area contributed by atoms with Crippen LogP contribution < -0.4 is 5.32 Å². The number of benzene rings is 1. The molecule has 20 heavy (non-hydrogen) atoms. The van der Waals surface area contributed by atoms with Crippen molar-refractivity contribution >= 4 is 0 Å². The van der Waals surface area contributed by atoms with Crippen LogP contribution in [-0.2, 0) is 0 Å². The molecule has 0 amide bonds. The summed E-state index contributed by atoms with van der Waals surface area (Å²) in [5.41, 5.74) is 4.81. The van der Waals surface area contributed by atoms with Gasteiger partial charge in [0.05, 0.1) is 11.7 Å². The first kappa shape index (κ1) is 13.3. The first-order chi connectivity index (χ1) is 9.74. The summed E-state index contributed by atoms with van der Waals surface area (Å²) in [5, 5.41) is 3.51. The van der Waals surface area contributed by atoms with Gasteiger partial charge in [0.25, 0.3) is 0 Å². The summed E-state index contributed by atoms with van der Waals surface area (Å²) in [7, 11) is 0. The summed E-state index contributed by atoms with van der Waals surface area (Å²) in [6, 6.07) is 8.82. The number of nitrogens with zero attached hydrogens (tertiary/aromatic N) is 2. The summed E-state index contributed by atoms with van der Waals surface area (Å²) in [5.74, 6) is 0.931. The van der Waals surface area contributed by atoms with Crippen molar-refractivity contribution < 1.29 is 0 Å². The van der Waals surface area contributed by atoms with Crippen molar-refractivity contribution in [1.29, 1.82) is 0 Å². The van der Waals surface area contributed by atoms with E-state index in [0.29, 0.717) is 6.04 Å². The minimum atomic E-state index is 0.315. The van der Waals surface area contributed by atoms with Crippen LogP contribution >= 0.6 is 0 Å². The Morgan fingerprint density at radius 2 is 2.00 bits per heavy atom. The van der Waals surface area contributed by atoms with E-state index in [9.17, 15) is 0 Å². The van der Waals surface area contributed by atoms with E-state index in [2.05, 4.69) is 42.3 Å². The molecular formula is C17H21N3. The largest absolute Gasteiger partial charge is 0.307 e. The molecule has 0 bridgehead atoms. The summed E-state index contributed by atoms with van der Waals surface area (Å²) in [4.78, 5) is 9.22. The number of hydrogen-bond acceptors (Lipinski definition) is 3. The van der Waals surface area contributed by atoms with E-state index in [1.807, 2.05) is 12.3 Å². The molecule has 1 aromatic carbocycles. The van der Waals surface area contributed by atoms with Gasteiger partial charge in [-0.15, -0.1) is 0 Å². The summed E-state index contributed by atoms with van der Waals surface area (Å²) in [6.45, 7) is 5.35. The lowest BCUT2D eigenvalue weighted by molar-refractivity contribution is 0.397. The zero-order valence-electron chi connectivity index (χ0n) is 12.2. The van der Waals surface area contributed by atoms with Gasteiger partial charge in [0, 0.05) is 11.8 Å². The summed E-state index contributed by atoms with van der Waals surface area (Å²) in [6.07, 6.45) is 5.53. The van der Waals surface area contributed by atoms with Crippen molar-refractivity contribution in [1.82, 2.24) is 15.3 Å². The molecule has 0 radical (unpaired) electrons. The van der Waals surface area contributed by atoms with Gasteiger partial charge in [0.1, 0.15) is 5.82 Å². The SMILES string of the molecule is Cc1ccc(-c2ccnc(C3CCCCN3)n2)cc1C. The lowest BCUT2D eigenvalue weighted by atomic mass is 10.0. The van der Waals surface area contributed by atoms with Crippen LogP contribution in [0.25, 0.3) is 11.3 Å². The van der Waals surface area contributed by atoms with Crippen molar-refractivity contribution in [3.8, 4) is 11.3 Å². The molecule has 3 nitrogen and oxygen atoms in total. The lowest BCUT2D eigenvalue weighted by Gasteiger charge is -2.22. The topological polar surface area (TPSA) is 37.8 Å². The fraction of sp³-hybridized carbons (Fsp3) is 0.412. The van der Waals surface area contributed by atoms with Gasteiger partial charge >= 0.3 is 0 Å². The van der Waals surface area contributed by atoms with Crippen molar-refractivity contribution in [2.75, 3.05) is 6.54 Å². The molecule has 3 rings (SSSR count). The number of aryl methyl sites for hydroxylation is 2. The number of nitrogens with one attached hydrogen (secondary N) is 1. The molecule has 2 heterocycles. The second-order valence-corrected chi connectivity index (χ2v) is 5.60. The molecule has 2 aromatic rings. The van der Waals surface area contributed by atoms with Crippen molar-refractivity contribution in [3.63, 3.8) is 0 Å². The first-order valence-electron chi connectivity index (χ1n) is 7.38. The Labute approximate surface area is 120 Å². The van der Waals surface area contributed by atoms with E-state index >= 15 is 0 Å². The Morgan fingerprint density at radius 3 is 2.75 bits per heavy atom. The lowest BCUT2D eigenvalue weighted by Crippen LogP contribution is -2.28. The van der Waals surface area contributed by atoms with Gasteiger partial charge in [0.2, 0.25) is 0 Å². The molecule has 104 valence electrons. The molecule has 1 saturated heterocycles. The Morgan fingerprint density at radius 1 is 1.10 bits per heavy atom. The van der Waals surface area contributed by atoms with Gasteiger partial charge in [-0.1, -0.05) is 18.6 Å². The van der Waals surface area contributed by atoms with Crippen LogP contribution in [0.15, 0.2) is 30.5 Å². The maximum atomic E-state index is 4.76. The fourth-order valence-corrected chi connectivity index (χ4v) is 2.68. The minimum absolute atomic E-state index is 0.315. The van der Waals surface area contributed by atoms with E-state index < -0.39 is 0 Å². The van der Waals surface area contributed by atoms with Crippen molar-refractivity contribution in [2.24, 2.45) is 0 Å². The molecule has 3 heteroatoms. The zero-order valence-corrected chi connectivity index (χ0v) is 12.2. The molecule has 0 saturated carbocycles. The molecule has 1 aromatic heterocycles. The third kappa shape index (κ3) is 2.73. The molecular weight excluding hydrogens is 246 g/mol. The van der Waals surface area contributed by atoms with Gasteiger partial charge < -0.3 is 5.32 Å². The Bertz CT molecular complexity index is 601. The van der Waals surface area contributed by atoms with E-state index in [-0.39, 0.29) is 0 Å². The highest BCUT2D eigenvalue weighted by atomic mass is 15.0. The molecule has 1 unspecified atom stereocenters. The van der Waals surface area contributed by atoms with Crippen molar-refractivity contribution in [3.05, 3.63) is 47.4 Å². The van der Waals surface area contributed by atoms with Gasteiger partial charge in [-0.2, -0.15) is 0 Å². The number of rotatable bonds is 2. The zero-order chi connectivity index (χ0) is 13.9. The highest BCUT2D eigenvalue weighted by Crippen LogP contribution is 2.24. The average molecular weight is 267 g/mol. The molecule has 1 aliphatic heterocycles. The first-order valence-corrected chi connectivity index (χ1v) is 7.38. The molecule has 0 aliphatic carbocycles. The maximum absolute atomic E-state index is 4.76. The van der Waals surface area contributed by atoms with Crippen LogP contribution in [0, 0.1) is 13.8 Å². The molecule has 1 N–H and O–H groups in total. The van der Waals surface area contributed by atoms with Crippen LogP contribution in [0.2, 0.25) is 0 Å². The third-order valence-electron chi connectivity index (χ3n) is 4.10. The van der Waals surface area contributed by atoms with Crippen LogP contribution in [0.3, 0.4) is 0 Å². The normalized spacial score (nSPS) is 19.0. The number of hydrogen-bond donors (Lipinski definition) is 1. The Balaban J connectivity index is 1.91. The van der Waals surface area contributed by atoms with Crippen LogP contribution in [0.4, 0.5) is 0 Å². The van der Waals surface area contributed by atoms with E-state index in [1.165, 1.54) is 29.5 Å². The highest BCUT2D eigenvalue weighted by Gasteiger charge is 2.17. The number of piperidine rings is 1. The minimum Gasteiger partial charge on any atom is -0.307 e. The Hall–Kier alpha value is -1.74. The highest BCUT2D eigenvalue weighted by molar-refractivity contribution is 5.60. The van der Waals surface area contributed by atoms with Gasteiger partial charge in [-0.05, 0) is 56.5 Å². The second-order valence-electron chi connectivity index (χ2n) is 5.60. The van der Waals surface area contributed by atoms with Gasteiger partial charge in [-0.3, -0.25) is 0 Å². The molecule has 0 spiro atoms. The Kier molecular flexibility index (Phi) is 3.79. The van der Waals surface area contributed by atoms with Gasteiger partial charge in [-0.25, -0.2) is 9.97 Å². The van der Waals surface area contributed by atoms with Crippen LogP contribution in [-0.4, -0.2) is 16.5 Å². The second kappa shape index (κ2) is 5.71. The fourth-order valence-electron chi connectivity index (χ4n) is 2.68. The molecule has 1 atom stereocenters. The summed E-state index contributed by atoms with van der Waals surface area (Å²) < 4.78 is 0. The monoisotopic (exact) mass is 267 g/mol. The van der Waals surface area contributed by atoms with Gasteiger partial charge in [0.15, 0.2) is 0 Å². The average Bonchev–Trinajstić information content (AvgIpc) is 2.51.